The van der Waals surface area contributed by atoms with Crippen molar-refractivity contribution in [2.45, 2.75) is 13.0 Å². The largest absolute Gasteiger partial charge is 0.507 e. The van der Waals surface area contributed by atoms with E-state index in [9.17, 15) is 24.8 Å². The number of rotatable bonds is 4. The van der Waals surface area contributed by atoms with Gasteiger partial charge in [-0.2, -0.15) is 0 Å². The topological polar surface area (TPSA) is 101 Å². The maximum atomic E-state index is 13.1. The van der Waals surface area contributed by atoms with E-state index in [1.165, 1.54) is 24.3 Å². The second-order valence-electron chi connectivity index (χ2n) is 7.28. The van der Waals surface area contributed by atoms with Crippen LogP contribution in [0, 0.1) is 17.0 Å². The van der Waals surface area contributed by atoms with Crippen LogP contribution in [0.5, 0.6) is 0 Å². The molecule has 1 amide bonds. The van der Waals surface area contributed by atoms with Gasteiger partial charge < -0.3 is 5.11 Å². The number of nitrogens with zero attached hydrogens (tertiary/aromatic N) is 2. The molecule has 0 aromatic heterocycles. The molecular weight excluding hydrogens is 432 g/mol. The molecule has 0 saturated carbocycles. The van der Waals surface area contributed by atoms with Crippen molar-refractivity contribution in [3.8, 4) is 0 Å². The van der Waals surface area contributed by atoms with Gasteiger partial charge in [-0.1, -0.05) is 60.1 Å². The summed E-state index contributed by atoms with van der Waals surface area (Å²) in [4.78, 5) is 38.5. The lowest BCUT2D eigenvalue weighted by Crippen LogP contribution is -2.29. The van der Waals surface area contributed by atoms with Gasteiger partial charge in [-0.15, -0.1) is 0 Å². The molecule has 0 bridgehead atoms. The first-order valence-electron chi connectivity index (χ1n) is 9.67. The van der Waals surface area contributed by atoms with Gasteiger partial charge in [0.2, 0.25) is 0 Å². The number of aryl methyl sites for hydroxylation is 1. The summed E-state index contributed by atoms with van der Waals surface area (Å²) >= 11 is 6.25. The van der Waals surface area contributed by atoms with Gasteiger partial charge in [0, 0.05) is 22.3 Å². The molecule has 1 saturated heterocycles. The molecule has 1 aliphatic heterocycles. The molecule has 1 N–H and O–H groups in total. The number of anilines is 1. The predicted molar refractivity (Wildman–Crippen MR) is 121 cm³/mol. The van der Waals surface area contributed by atoms with Crippen LogP contribution in [0.2, 0.25) is 5.02 Å². The Hall–Kier alpha value is -3.97. The molecule has 0 aliphatic carbocycles. The van der Waals surface area contributed by atoms with Crippen molar-refractivity contribution in [3.05, 3.63) is 110 Å². The molecule has 3 aromatic rings. The third-order valence-corrected chi connectivity index (χ3v) is 5.76. The molecule has 1 aliphatic rings. The SMILES string of the molecule is Cc1ccc(N2C(=O)C(=O)/C(=C(/O)c3ccccc3)[C@@H]2c2ccccc2[N+](=O)[O-])cc1Cl. The summed E-state index contributed by atoms with van der Waals surface area (Å²) in [5.41, 5.74) is 0.965. The summed E-state index contributed by atoms with van der Waals surface area (Å²) in [6.45, 7) is 1.79. The van der Waals surface area contributed by atoms with E-state index in [-0.39, 0.29) is 22.5 Å². The summed E-state index contributed by atoms with van der Waals surface area (Å²) in [5, 5.41) is 23.1. The van der Waals surface area contributed by atoms with E-state index >= 15 is 0 Å². The van der Waals surface area contributed by atoms with Crippen LogP contribution in [-0.2, 0) is 9.59 Å². The lowest BCUT2D eigenvalue weighted by atomic mass is 9.94. The lowest BCUT2D eigenvalue weighted by Gasteiger charge is -2.25. The number of aliphatic hydroxyl groups excluding tert-OH is 1. The molecule has 32 heavy (non-hydrogen) atoms. The number of amides is 1. The maximum absolute atomic E-state index is 13.1. The van der Waals surface area contributed by atoms with E-state index in [4.69, 9.17) is 11.6 Å². The Morgan fingerprint density at radius 3 is 2.34 bits per heavy atom. The summed E-state index contributed by atoms with van der Waals surface area (Å²) in [6, 6.07) is 17.7. The number of carbonyl (C=O) groups is 2. The zero-order chi connectivity index (χ0) is 23.0. The van der Waals surface area contributed by atoms with Gasteiger partial charge in [0.05, 0.1) is 16.1 Å². The minimum Gasteiger partial charge on any atom is -0.507 e. The molecule has 1 heterocycles. The minimum absolute atomic E-state index is 0.103. The number of para-hydroxylation sites is 1. The summed E-state index contributed by atoms with van der Waals surface area (Å²) in [7, 11) is 0. The number of nitro groups is 1. The van der Waals surface area contributed by atoms with E-state index < -0.39 is 28.4 Å². The smallest absolute Gasteiger partial charge is 0.300 e. The van der Waals surface area contributed by atoms with Crippen LogP contribution in [0.15, 0.2) is 78.4 Å². The van der Waals surface area contributed by atoms with E-state index in [0.29, 0.717) is 10.6 Å². The molecule has 1 fully saturated rings. The number of carbonyl (C=O) groups excluding carboxylic acids is 2. The Morgan fingerprint density at radius 2 is 1.69 bits per heavy atom. The average Bonchev–Trinajstić information content (AvgIpc) is 3.06. The Morgan fingerprint density at radius 1 is 1.03 bits per heavy atom. The second kappa shape index (κ2) is 8.28. The van der Waals surface area contributed by atoms with E-state index in [1.54, 1.807) is 55.5 Å². The first kappa shape index (κ1) is 21.3. The van der Waals surface area contributed by atoms with Crippen molar-refractivity contribution in [1.82, 2.24) is 0 Å². The van der Waals surface area contributed by atoms with Crippen molar-refractivity contribution in [1.29, 1.82) is 0 Å². The highest BCUT2D eigenvalue weighted by Gasteiger charge is 2.49. The average molecular weight is 449 g/mol. The fourth-order valence-electron chi connectivity index (χ4n) is 3.76. The molecule has 4 rings (SSSR count). The van der Waals surface area contributed by atoms with Crippen LogP contribution in [0.3, 0.4) is 0 Å². The van der Waals surface area contributed by atoms with Crippen LogP contribution >= 0.6 is 11.6 Å². The number of nitro benzene ring substituents is 1. The molecule has 8 heteroatoms. The van der Waals surface area contributed by atoms with Gasteiger partial charge in [-0.25, -0.2) is 0 Å². The summed E-state index contributed by atoms with van der Waals surface area (Å²) < 4.78 is 0. The Kier molecular flexibility index (Phi) is 5.50. The van der Waals surface area contributed by atoms with Gasteiger partial charge in [0.1, 0.15) is 11.8 Å². The van der Waals surface area contributed by atoms with Crippen molar-refractivity contribution in [2.24, 2.45) is 0 Å². The molecule has 7 nitrogen and oxygen atoms in total. The van der Waals surface area contributed by atoms with Crippen LogP contribution < -0.4 is 4.90 Å². The number of benzene rings is 3. The monoisotopic (exact) mass is 448 g/mol. The molecular formula is C24H17ClN2O5. The van der Waals surface area contributed by atoms with Crippen LogP contribution in [-0.4, -0.2) is 21.7 Å². The summed E-state index contributed by atoms with van der Waals surface area (Å²) in [5.74, 6) is -2.26. The number of hydrogen-bond donors (Lipinski definition) is 1. The van der Waals surface area contributed by atoms with Crippen LogP contribution in [0.1, 0.15) is 22.7 Å². The maximum Gasteiger partial charge on any atom is 0.300 e. The van der Waals surface area contributed by atoms with Gasteiger partial charge in [-0.05, 0) is 30.7 Å². The molecule has 1 atom stereocenters. The Labute approximate surface area is 188 Å². The molecule has 160 valence electrons. The highest BCUT2D eigenvalue weighted by molar-refractivity contribution is 6.52. The number of ketones is 1. The first-order valence-corrected chi connectivity index (χ1v) is 10.0. The highest BCUT2D eigenvalue weighted by Crippen LogP contribution is 2.45. The quantitative estimate of drug-likeness (QED) is 0.195. The zero-order valence-electron chi connectivity index (χ0n) is 16.9. The molecule has 3 aromatic carbocycles. The fourth-order valence-corrected chi connectivity index (χ4v) is 3.94. The Balaban J connectivity index is 2.02. The van der Waals surface area contributed by atoms with Gasteiger partial charge in [0.25, 0.3) is 17.4 Å². The van der Waals surface area contributed by atoms with Gasteiger partial charge in [0.15, 0.2) is 0 Å². The van der Waals surface area contributed by atoms with Crippen molar-refractivity contribution in [2.75, 3.05) is 4.90 Å². The number of Topliss-reactive ketones (excluding diaryl/α,β-unsaturated/α-hetero) is 1. The third kappa shape index (κ3) is 3.52. The number of hydrogen-bond acceptors (Lipinski definition) is 5. The lowest BCUT2D eigenvalue weighted by molar-refractivity contribution is -0.385. The van der Waals surface area contributed by atoms with Crippen molar-refractivity contribution < 1.29 is 19.6 Å². The number of halogens is 1. The van der Waals surface area contributed by atoms with Gasteiger partial charge in [-0.3, -0.25) is 24.6 Å². The highest BCUT2D eigenvalue weighted by atomic mass is 35.5. The number of aliphatic hydroxyl groups is 1. The second-order valence-corrected chi connectivity index (χ2v) is 7.69. The first-order chi connectivity index (χ1) is 15.3. The summed E-state index contributed by atoms with van der Waals surface area (Å²) in [6.07, 6.45) is 0. The van der Waals surface area contributed by atoms with Crippen molar-refractivity contribution >= 4 is 40.4 Å². The molecule has 0 radical (unpaired) electrons. The fraction of sp³-hybridized carbons (Fsp3) is 0.0833. The standard InChI is InChI=1S/C24H17ClN2O5/c1-14-11-12-16(13-18(14)25)26-21(17-9-5-6-10-19(17)27(31)32)20(23(29)24(26)30)22(28)15-7-3-2-4-8-15/h2-13,21,28H,1H3/b22-20+/t21-/m0/s1. The zero-order valence-corrected chi connectivity index (χ0v) is 17.6. The van der Waals surface area contributed by atoms with E-state index in [0.717, 1.165) is 10.5 Å². The predicted octanol–water partition coefficient (Wildman–Crippen LogP) is 5.18. The van der Waals surface area contributed by atoms with Crippen LogP contribution in [0.25, 0.3) is 5.76 Å². The third-order valence-electron chi connectivity index (χ3n) is 5.35. The van der Waals surface area contributed by atoms with E-state index in [1.807, 2.05) is 0 Å². The molecule has 0 unspecified atom stereocenters. The van der Waals surface area contributed by atoms with E-state index in [2.05, 4.69) is 0 Å². The molecule has 0 spiro atoms. The minimum atomic E-state index is -1.21. The van der Waals surface area contributed by atoms with Gasteiger partial charge >= 0.3 is 0 Å². The van der Waals surface area contributed by atoms with Crippen molar-refractivity contribution in [3.63, 3.8) is 0 Å². The normalized spacial score (nSPS) is 17.6. The Bertz CT molecular complexity index is 1290. The van der Waals surface area contributed by atoms with Crippen LogP contribution in [0.4, 0.5) is 11.4 Å².